The summed E-state index contributed by atoms with van der Waals surface area (Å²) in [4.78, 5) is 23.0. The molecule has 0 saturated carbocycles. The van der Waals surface area contributed by atoms with Crippen LogP contribution in [0.4, 0.5) is 11.4 Å². The van der Waals surface area contributed by atoms with E-state index < -0.39 is 22.1 Å². The number of nitrogens with zero attached hydrogens (tertiary/aromatic N) is 2. The molecule has 3 atom stereocenters. The second-order valence-electron chi connectivity index (χ2n) is 7.74. The third kappa shape index (κ3) is 6.49. The number of benzene rings is 3. The fraction of sp³-hybridized carbons (Fsp3) is 0.240. The fourth-order valence-corrected chi connectivity index (χ4v) is 4.51. The molecule has 8 nitrogen and oxygen atoms in total. The van der Waals surface area contributed by atoms with E-state index in [-0.39, 0.29) is 24.1 Å². The van der Waals surface area contributed by atoms with Crippen LogP contribution in [0.2, 0.25) is 0 Å². The van der Waals surface area contributed by atoms with E-state index in [1.54, 1.807) is 0 Å². The molecule has 3 unspecified atom stereocenters. The number of nitro benzene ring substituents is 1. The van der Waals surface area contributed by atoms with Crippen molar-refractivity contribution in [3.8, 4) is 0 Å². The van der Waals surface area contributed by atoms with E-state index in [1.165, 1.54) is 35.7 Å². The SMILES string of the molecule is COC(=O)C(CCC(CN(c1ccc([N+](=O)[O-])cc1)S(=O)O)c1ccccc1)c1ccccc1. The Labute approximate surface area is 200 Å². The minimum absolute atomic E-state index is 0.101. The number of hydrogen-bond acceptors (Lipinski definition) is 5. The second kappa shape index (κ2) is 12.1. The van der Waals surface area contributed by atoms with E-state index in [1.807, 2.05) is 60.7 Å². The highest BCUT2D eigenvalue weighted by Gasteiger charge is 2.26. The minimum atomic E-state index is -2.35. The number of esters is 1. The molecule has 0 aliphatic rings. The van der Waals surface area contributed by atoms with Crippen molar-refractivity contribution >= 4 is 28.6 Å². The van der Waals surface area contributed by atoms with Crippen LogP contribution >= 0.6 is 0 Å². The fourth-order valence-electron chi connectivity index (χ4n) is 3.90. The van der Waals surface area contributed by atoms with Crippen molar-refractivity contribution < 1.29 is 23.2 Å². The van der Waals surface area contributed by atoms with Gasteiger partial charge in [0.1, 0.15) is 0 Å². The Hall–Kier alpha value is -3.56. The first kappa shape index (κ1) is 25.1. The summed E-state index contributed by atoms with van der Waals surface area (Å²) in [6.07, 6.45) is 1.02. The summed E-state index contributed by atoms with van der Waals surface area (Å²) in [5.74, 6) is -0.996. The molecule has 0 fully saturated rings. The standard InChI is InChI=1S/C25H26N2O6S/c1-33-25(28)24(20-10-6-3-7-11-20)17-12-21(19-8-4-2-5-9-19)18-26(34(31)32)22-13-15-23(16-14-22)27(29)30/h2-11,13-16,21,24H,12,17-18H2,1H3,(H,31,32). The summed E-state index contributed by atoms with van der Waals surface area (Å²) < 4.78 is 28.6. The number of hydrogen-bond donors (Lipinski definition) is 1. The molecule has 0 aliphatic carbocycles. The van der Waals surface area contributed by atoms with Crippen molar-refractivity contribution in [3.63, 3.8) is 0 Å². The van der Waals surface area contributed by atoms with Gasteiger partial charge in [-0.15, -0.1) is 0 Å². The van der Waals surface area contributed by atoms with Gasteiger partial charge < -0.3 is 4.74 Å². The average molecular weight is 483 g/mol. The normalized spacial score (nSPS) is 13.5. The van der Waals surface area contributed by atoms with E-state index >= 15 is 0 Å². The first-order chi connectivity index (χ1) is 16.4. The van der Waals surface area contributed by atoms with Gasteiger partial charge in [-0.05, 0) is 36.1 Å². The molecular weight excluding hydrogens is 456 g/mol. The molecule has 3 rings (SSSR count). The highest BCUT2D eigenvalue weighted by Crippen LogP contribution is 2.32. The zero-order chi connectivity index (χ0) is 24.5. The third-order valence-electron chi connectivity index (χ3n) is 5.69. The van der Waals surface area contributed by atoms with Crippen LogP contribution in [0.5, 0.6) is 0 Å². The highest BCUT2D eigenvalue weighted by molar-refractivity contribution is 7.80. The Morgan fingerprint density at radius 1 is 0.971 bits per heavy atom. The summed E-state index contributed by atoms with van der Waals surface area (Å²) >= 11 is -2.35. The molecule has 1 N–H and O–H groups in total. The first-order valence-electron chi connectivity index (χ1n) is 10.7. The van der Waals surface area contributed by atoms with Crippen molar-refractivity contribution in [1.29, 1.82) is 0 Å². The Bertz CT molecular complexity index is 1110. The maximum absolute atomic E-state index is 12.5. The van der Waals surface area contributed by atoms with Gasteiger partial charge in [0.15, 0.2) is 0 Å². The largest absolute Gasteiger partial charge is 0.469 e. The van der Waals surface area contributed by atoms with Gasteiger partial charge in [0.05, 0.1) is 23.6 Å². The van der Waals surface area contributed by atoms with Crippen molar-refractivity contribution in [3.05, 3.63) is 106 Å². The van der Waals surface area contributed by atoms with Gasteiger partial charge in [-0.3, -0.25) is 23.8 Å². The second-order valence-corrected chi connectivity index (χ2v) is 8.64. The molecule has 178 valence electrons. The zero-order valence-electron chi connectivity index (χ0n) is 18.7. The average Bonchev–Trinajstić information content (AvgIpc) is 2.86. The van der Waals surface area contributed by atoms with E-state index in [2.05, 4.69) is 0 Å². The topological polar surface area (TPSA) is 110 Å². The number of rotatable bonds is 11. The van der Waals surface area contributed by atoms with Gasteiger partial charge in [-0.1, -0.05) is 60.7 Å². The molecule has 0 aliphatic heterocycles. The van der Waals surface area contributed by atoms with Crippen LogP contribution in [0, 0.1) is 10.1 Å². The molecule has 9 heteroatoms. The van der Waals surface area contributed by atoms with E-state index in [9.17, 15) is 23.7 Å². The van der Waals surface area contributed by atoms with Gasteiger partial charge in [0.2, 0.25) is 0 Å². The number of methoxy groups -OCH3 is 1. The Morgan fingerprint density at radius 3 is 2.03 bits per heavy atom. The lowest BCUT2D eigenvalue weighted by molar-refractivity contribution is -0.384. The van der Waals surface area contributed by atoms with Gasteiger partial charge in [0, 0.05) is 24.6 Å². The van der Waals surface area contributed by atoms with Gasteiger partial charge in [-0.25, -0.2) is 4.21 Å². The molecule has 0 bridgehead atoms. The number of anilines is 1. The summed E-state index contributed by atoms with van der Waals surface area (Å²) in [6.45, 7) is 0.174. The maximum Gasteiger partial charge on any atom is 0.313 e. The quantitative estimate of drug-likeness (QED) is 0.177. The van der Waals surface area contributed by atoms with Crippen LogP contribution in [0.3, 0.4) is 0 Å². The van der Waals surface area contributed by atoms with Gasteiger partial charge in [0.25, 0.3) is 17.0 Å². The summed E-state index contributed by atoms with van der Waals surface area (Å²) in [7, 11) is 1.36. The molecular formula is C25H26N2O6S. The number of nitro groups is 1. The first-order valence-corrected chi connectivity index (χ1v) is 11.8. The summed E-state index contributed by atoms with van der Waals surface area (Å²) in [6, 6.07) is 24.4. The van der Waals surface area contributed by atoms with E-state index in [4.69, 9.17) is 4.74 Å². The van der Waals surface area contributed by atoms with Crippen LogP contribution in [0.15, 0.2) is 84.9 Å². The lowest BCUT2D eigenvalue weighted by Crippen LogP contribution is -2.30. The number of non-ortho nitro benzene ring substituents is 1. The Kier molecular flexibility index (Phi) is 8.89. The molecule has 34 heavy (non-hydrogen) atoms. The van der Waals surface area contributed by atoms with Gasteiger partial charge >= 0.3 is 5.97 Å². The number of carbonyl (C=O) groups excluding carboxylic acids is 1. The van der Waals surface area contributed by atoms with Crippen molar-refractivity contribution in [2.75, 3.05) is 18.0 Å². The summed E-state index contributed by atoms with van der Waals surface area (Å²) in [5.41, 5.74) is 2.09. The van der Waals surface area contributed by atoms with Crippen LogP contribution in [0.1, 0.15) is 35.8 Å². The zero-order valence-corrected chi connectivity index (χ0v) is 19.5. The monoisotopic (exact) mass is 482 g/mol. The van der Waals surface area contributed by atoms with E-state index in [0.29, 0.717) is 18.5 Å². The van der Waals surface area contributed by atoms with E-state index in [0.717, 1.165) is 11.1 Å². The van der Waals surface area contributed by atoms with Crippen LogP contribution < -0.4 is 4.31 Å². The van der Waals surface area contributed by atoms with Crippen molar-refractivity contribution in [2.45, 2.75) is 24.7 Å². The Balaban J connectivity index is 1.87. The molecule has 0 radical (unpaired) electrons. The minimum Gasteiger partial charge on any atom is -0.469 e. The van der Waals surface area contributed by atoms with Gasteiger partial charge in [-0.2, -0.15) is 0 Å². The smallest absolute Gasteiger partial charge is 0.313 e. The lowest BCUT2D eigenvalue weighted by Gasteiger charge is -2.27. The predicted molar refractivity (Wildman–Crippen MR) is 131 cm³/mol. The Morgan fingerprint density at radius 2 is 1.53 bits per heavy atom. The molecule has 0 aromatic heterocycles. The molecule has 0 saturated heterocycles. The van der Waals surface area contributed by atoms with Crippen molar-refractivity contribution in [1.82, 2.24) is 0 Å². The summed E-state index contributed by atoms with van der Waals surface area (Å²) in [5, 5.41) is 11.0. The molecule has 0 spiro atoms. The molecule has 3 aromatic carbocycles. The van der Waals surface area contributed by atoms with Crippen LogP contribution in [-0.2, 0) is 20.8 Å². The molecule has 3 aromatic rings. The van der Waals surface area contributed by atoms with Crippen LogP contribution in [0.25, 0.3) is 0 Å². The molecule has 0 amide bonds. The highest BCUT2D eigenvalue weighted by atomic mass is 32.2. The predicted octanol–water partition coefficient (Wildman–Crippen LogP) is 5.06. The van der Waals surface area contributed by atoms with Crippen molar-refractivity contribution in [2.24, 2.45) is 0 Å². The third-order valence-corrected chi connectivity index (χ3v) is 6.42. The molecule has 0 heterocycles. The van der Waals surface area contributed by atoms with Crippen LogP contribution in [-0.4, -0.2) is 33.3 Å². The number of ether oxygens (including phenoxy) is 1. The lowest BCUT2D eigenvalue weighted by atomic mass is 9.87. The maximum atomic E-state index is 12.5. The number of carbonyl (C=O) groups is 1.